The third-order valence-electron chi connectivity index (χ3n) is 6.34. The largest absolute Gasteiger partial charge is 0.297 e. The van der Waals surface area contributed by atoms with E-state index in [2.05, 4.69) is 51.2 Å². The van der Waals surface area contributed by atoms with Crippen molar-refractivity contribution >= 4 is 11.7 Å². The monoisotopic (exact) mass is 403 g/mol. The zero-order chi connectivity index (χ0) is 21.0. The van der Waals surface area contributed by atoms with Crippen LogP contribution in [0.4, 0.5) is 5.82 Å². The molecular formula is C24H29N5O. The minimum atomic E-state index is 0.0217. The van der Waals surface area contributed by atoms with Gasteiger partial charge < -0.3 is 0 Å². The van der Waals surface area contributed by atoms with Crippen molar-refractivity contribution in [3.05, 3.63) is 59.8 Å². The van der Waals surface area contributed by atoms with E-state index in [1.807, 2.05) is 6.92 Å². The summed E-state index contributed by atoms with van der Waals surface area (Å²) in [4.78, 5) is 24.0. The Morgan fingerprint density at radius 3 is 2.50 bits per heavy atom. The standard InChI is InChI=1S/C24H29N5O/c1-2-22(30)29(23-21(17-25)9-6-12-26-23)19-24(10-11-24)28-15-13-27(14-16-28)18-20-7-4-3-5-8-20/h3-9,12H,2,10-11,13-16,18-19H2,1H3. The summed E-state index contributed by atoms with van der Waals surface area (Å²) in [5, 5.41) is 9.49. The molecule has 1 saturated heterocycles. The van der Waals surface area contributed by atoms with Crippen molar-refractivity contribution in [2.75, 3.05) is 37.6 Å². The van der Waals surface area contributed by atoms with E-state index in [4.69, 9.17) is 0 Å². The van der Waals surface area contributed by atoms with E-state index in [-0.39, 0.29) is 11.4 Å². The first-order valence-electron chi connectivity index (χ1n) is 10.8. The Labute approximate surface area is 178 Å². The predicted molar refractivity (Wildman–Crippen MR) is 117 cm³/mol. The Morgan fingerprint density at radius 2 is 1.87 bits per heavy atom. The average Bonchev–Trinajstić information content (AvgIpc) is 3.59. The molecule has 1 amide bonds. The van der Waals surface area contributed by atoms with Gasteiger partial charge in [0.2, 0.25) is 5.91 Å². The highest BCUT2D eigenvalue weighted by Crippen LogP contribution is 2.43. The minimum absolute atomic E-state index is 0.0217. The molecule has 1 aliphatic carbocycles. The lowest BCUT2D eigenvalue weighted by Gasteiger charge is -2.41. The molecule has 30 heavy (non-hydrogen) atoms. The fourth-order valence-corrected chi connectivity index (χ4v) is 4.41. The molecule has 6 nitrogen and oxygen atoms in total. The molecule has 1 aromatic heterocycles. The molecule has 1 aromatic carbocycles. The summed E-state index contributed by atoms with van der Waals surface area (Å²) in [6.07, 6.45) is 4.25. The van der Waals surface area contributed by atoms with Gasteiger partial charge in [0.25, 0.3) is 0 Å². The number of anilines is 1. The van der Waals surface area contributed by atoms with Crippen molar-refractivity contribution in [3.8, 4) is 6.07 Å². The normalized spacial score (nSPS) is 18.5. The quantitative estimate of drug-likeness (QED) is 0.711. The van der Waals surface area contributed by atoms with Crippen LogP contribution >= 0.6 is 0 Å². The SMILES string of the molecule is CCC(=O)N(CC1(N2CCN(Cc3ccccc3)CC2)CC1)c1ncccc1C#N. The zero-order valence-electron chi connectivity index (χ0n) is 17.6. The molecule has 0 bridgehead atoms. The first kappa shape index (κ1) is 20.5. The number of amides is 1. The molecule has 0 radical (unpaired) electrons. The van der Waals surface area contributed by atoms with Gasteiger partial charge in [0.1, 0.15) is 6.07 Å². The lowest BCUT2D eigenvalue weighted by molar-refractivity contribution is -0.118. The first-order valence-corrected chi connectivity index (χ1v) is 10.8. The van der Waals surface area contributed by atoms with Crippen molar-refractivity contribution in [2.45, 2.75) is 38.3 Å². The molecule has 2 aliphatic rings. The predicted octanol–water partition coefficient (Wildman–Crippen LogP) is 3.05. The van der Waals surface area contributed by atoms with E-state index >= 15 is 0 Å². The van der Waals surface area contributed by atoms with Gasteiger partial charge in [-0.25, -0.2) is 4.98 Å². The van der Waals surface area contributed by atoms with Crippen LogP contribution in [0.3, 0.4) is 0 Å². The summed E-state index contributed by atoms with van der Waals surface area (Å²) >= 11 is 0. The molecule has 4 rings (SSSR count). The first-order chi connectivity index (χ1) is 14.6. The van der Waals surface area contributed by atoms with Gasteiger partial charge in [-0.05, 0) is 30.5 Å². The number of hydrogen-bond donors (Lipinski definition) is 0. The molecule has 2 heterocycles. The number of nitriles is 1. The summed E-state index contributed by atoms with van der Waals surface area (Å²) in [5.74, 6) is 0.528. The topological polar surface area (TPSA) is 63.5 Å². The smallest absolute Gasteiger partial charge is 0.227 e. The number of carbonyl (C=O) groups is 1. The molecule has 2 fully saturated rings. The molecule has 1 saturated carbocycles. The van der Waals surface area contributed by atoms with Crippen LogP contribution in [-0.4, -0.2) is 59.0 Å². The molecule has 0 unspecified atom stereocenters. The van der Waals surface area contributed by atoms with Crippen LogP contribution < -0.4 is 4.90 Å². The fourth-order valence-electron chi connectivity index (χ4n) is 4.41. The van der Waals surface area contributed by atoms with Gasteiger partial charge in [-0.3, -0.25) is 19.5 Å². The lowest BCUT2D eigenvalue weighted by atomic mass is 10.1. The molecule has 156 valence electrons. The van der Waals surface area contributed by atoms with Gasteiger partial charge >= 0.3 is 0 Å². The van der Waals surface area contributed by atoms with Crippen LogP contribution in [0.25, 0.3) is 0 Å². The number of hydrogen-bond acceptors (Lipinski definition) is 5. The average molecular weight is 404 g/mol. The maximum absolute atomic E-state index is 12.8. The fraction of sp³-hybridized carbons (Fsp3) is 0.458. The van der Waals surface area contributed by atoms with Crippen LogP contribution in [0, 0.1) is 11.3 Å². The van der Waals surface area contributed by atoms with Gasteiger partial charge in [-0.15, -0.1) is 0 Å². The number of benzene rings is 1. The Bertz CT molecular complexity index is 911. The second-order valence-corrected chi connectivity index (χ2v) is 8.29. The Balaban J connectivity index is 1.43. The van der Waals surface area contributed by atoms with Crippen molar-refractivity contribution < 1.29 is 4.79 Å². The Kier molecular flexibility index (Phi) is 6.12. The lowest BCUT2D eigenvalue weighted by Crippen LogP contribution is -2.55. The maximum Gasteiger partial charge on any atom is 0.227 e. The van der Waals surface area contributed by atoms with E-state index in [1.165, 1.54) is 5.56 Å². The zero-order valence-corrected chi connectivity index (χ0v) is 17.6. The summed E-state index contributed by atoms with van der Waals surface area (Å²) in [5.41, 5.74) is 1.84. The minimum Gasteiger partial charge on any atom is -0.297 e. The van der Waals surface area contributed by atoms with Crippen molar-refractivity contribution in [1.29, 1.82) is 5.26 Å². The van der Waals surface area contributed by atoms with Crippen LogP contribution in [-0.2, 0) is 11.3 Å². The van der Waals surface area contributed by atoms with Gasteiger partial charge in [0.15, 0.2) is 5.82 Å². The molecular weight excluding hydrogens is 374 g/mol. The maximum atomic E-state index is 12.8. The van der Waals surface area contributed by atoms with Crippen molar-refractivity contribution in [3.63, 3.8) is 0 Å². The summed E-state index contributed by atoms with van der Waals surface area (Å²) < 4.78 is 0. The van der Waals surface area contributed by atoms with E-state index in [0.717, 1.165) is 45.6 Å². The summed E-state index contributed by atoms with van der Waals surface area (Å²) in [7, 11) is 0. The van der Waals surface area contributed by atoms with Crippen molar-refractivity contribution in [2.24, 2.45) is 0 Å². The molecule has 0 N–H and O–H groups in total. The Morgan fingerprint density at radius 1 is 1.13 bits per heavy atom. The second-order valence-electron chi connectivity index (χ2n) is 8.29. The van der Waals surface area contributed by atoms with E-state index < -0.39 is 0 Å². The molecule has 0 spiro atoms. The number of piperazine rings is 1. The molecule has 2 aromatic rings. The van der Waals surface area contributed by atoms with E-state index in [0.29, 0.717) is 24.3 Å². The third-order valence-corrected chi connectivity index (χ3v) is 6.34. The highest BCUT2D eigenvalue weighted by molar-refractivity contribution is 5.93. The van der Waals surface area contributed by atoms with Crippen LogP contribution in [0.1, 0.15) is 37.3 Å². The number of carbonyl (C=O) groups excluding carboxylic acids is 1. The van der Waals surface area contributed by atoms with E-state index in [9.17, 15) is 10.1 Å². The third kappa shape index (κ3) is 4.38. The van der Waals surface area contributed by atoms with Gasteiger partial charge in [-0.1, -0.05) is 37.3 Å². The van der Waals surface area contributed by atoms with Crippen LogP contribution in [0.2, 0.25) is 0 Å². The van der Waals surface area contributed by atoms with Gasteiger partial charge in [0.05, 0.1) is 5.56 Å². The molecule has 6 heteroatoms. The number of nitrogens with zero attached hydrogens (tertiary/aromatic N) is 5. The molecule has 0 atom stereocenters. The van der Waals surface area contributed by atoms with Crippen LogP contribution in [0.5, 0.6) is 0 Å². The Hall–Kier alpha value is -2.75. The van der Waals surface area contributed by atoms with Crippen LogP contribution in [0.15, 0.2) is 48.7 Å². The number of rotatable bonds is 7. The second kappa shape index (κ2) is 8.95. The van der Waals surface area contributed by atoms with Crippen molar-refractivity contribution in [1.82, 2.24) is 14.8 Å². The number of aromatic nitrogens is 1. The highest BCUT2D eigenvalue weighted by Gasteiger charge is 2.50. The number of pyridine rings is 1. The summed E-state index contributed by atoms with van der Waals surface area (Å²) in [6, 6.07) is 16.3. The molecule has 1 aliphatic heterocycles. The summed E-state index contributed by atoms with van der Waals surface area (Å²) in [6.45, 7) is 7.55. The highest BCUT2D eigenvalue weighted by atomic mass is 16.2. The van der Waals surface area contributed by atoms with E-state index in [1.54, 1.807) is 23.2 Å². The van der Waals surface area contributed by atoms with Gasteiger partial charge in [-0.2, -0.15) is 5.26 Å². The van der Waals surface area contributed by atoms with Gasteiger partial charge in [0, 0.05) is 57.4 Å².